The fourth-order valence-electron chi connectivity index (χ4n) is 3.05. The first kappa shape index (κ1) is 26.3. The summed E-state index contributed by atoms with van der Waals surface area (Å²) >= 11 is 1.44. The minimum absolute atomic E-state index is 0.00436. The molecule has 32 heavy (non-hydrogen) atoms. The molecule has 2 unspecified atom stereocenters. The van der Waals surface area contributed by atoms with Gasteiger partial charge in [-0.1, -0.05) is 0 Å². The lowest BCUT2D eigenvalue weighted by atomic mass is 10.1. The third-order valence-electron chi connectivity index (χ3n) is 4.52. The number of nitrogens with zero attached hydrogens (tertiary/aromatic N) is 4. The molecule has 10 heteroatoms. The Labute approximate surface area is 193 Å². The van der Waals surface area contributed by atoms with E-state index in [0.717, 1.165) is 16.9 Å². The summed E-state index contributed by atoms with van der Waals surface area (Å²) in [5.41, 5.74) is 2.82. The highest BCUT2D eigenvalue weighted by atomic mass is 32.1. The van der Waals surface area contributed by atoms with Gasteiger partial charge in [-0.05, 0) is 44.5 Å². The summed E-state index contributed by atoms with van der Waals surface area (Å²) in [6, 6.07) is 6.04. The van der Waals surface area contributed by atoms with Crippen molar-refractivity contribution < 1.29 is 24.4 Å². The largest absolute Gasteiger partial charge is 0.394 e. The number of ether oxygens (including phenoxy) is 3. The Morgan fingerprint density at radius 2 is 1.72 bits per heavy atom. The number of aliphatic hydroxyl groups is 2. The molecular weight excluding hydrogens is 432 g/mol. The average molecular weight is 467 g/mol. The van der Waals surface area contributed by atoms with Gasteiger partial charge in [0.15, 0.2) is 0 Å². The van der Waals surface area contributed by atoms with Gasteiger partial charge in [0.2, 0.25) is 5.13 Å². The molecule has 1 aromatic carbocycles. The minimum atomic E-state index is -0.0631. The molecule has 2 N–H and O–H groups in total. The number of benzene rings is 1. The number of aliphatic hydroxyl groups excluding tert-OH is 2. The van der Waals surface area contributed by atoms with E-state index in [1.165, 1.54) is 11.3 Å². The van der Waals surface area contributed by atoms with Crippen LogP contribution in [0.4, 0.5) is 16.5 Å². The molecule has 0 aliphatic heterocycles. The Morgan fingerprint density at radius 1 is 1.00 bits per heavy atom. The van der Waals surface area contributed by atoms with Crippen molar-refractivity contribution in [2.45, 2.75) is 33.0 Å². The highest BCUT2D eigenvalue weighted by molar-refractivity contribution is 7.13. The first-order valence-corrected chi connectivity index (χ1v) is 11.6. The van der Waals surface area contributed by atoms with E-state index >= 15 is 0 Å². The van der Waals surface area contributed by atoms with Crippen LogP contribution in [0.2, 0.25) is 0 Å². The summed E-state index contributed by atoms with van der Waals surface area (Å²) in [4.78, 5) is 6.32. The van der Waals surface area contributed by atoms with Crippen molar-refractivity contribution >= 4 is 27.8 Å². The van der Waals surface area contributed by atoms with E-state index in [9.17, 15) is 0 Å². The van der Waals surface area contributed by atoms with Crippen molar-refractivity contribution in [3.8, 4) is 0 Å². The normalized spacial score (nSPS) is 13.5. The van der Waals surface area contributed by atoms with E-state index < -0.39 is 0 Å². The Bertz CT molecular complexity index is 791. The topological polar surface area (TPSA) is 109 Å². The molecule has 0 amide bonds. The van der Waals surface area contributed by atoms with Crippen LogP contribution in [0.5, 0.6) is 0 Å². The molecule has 1 aromatic heterocycles. The van der Waals surface area contributed by atoms with E-state index in [1.807, 2.05) is 38.3 Å². The molecule has 2 atom stereocenters. The molecule has 2 aromatic rings. The molecule has 0 fully saturated rings. The zero-order chi connectivity index (χ0) is 23.2. The van der Waals surface area contributed by atoms with Crippen molar-refractivity contribution in [2.24, 2.45) is 10.2 Å². The molecule has 0 aliphatic carbocycles. The van der Waals surface area contributed by atoms with Crippen molar-refractivity contribution in [3.05, 3.63) is 35.3 Å². The second-order valence-electron chi connectivity index (χ2n) is 7.31. The molecule has 2 rings (SSSR count). The molecule has 9 nitrogen and oxygen atoms in total. The first-order chi connectivity index (χ1) is 15.5. The number of azo groups is 1. The summed E-state index contributed by atoms with van der Waals surface area (Å²) < 4.78 is 16.8. The second-order valence-corrected chi connectivity index (χ2v) is 8.19. The molecule has 0 radical (unpaired) electrons. The molecule has 0 saturated carbocycles. The van der Waals surface area contributed by atoms with E-state index in [-0.39, 0.29) is 25.4 Å². The number of hydrogen-bond acceptors (Lipinski definition) is 10. The highest BCUT2D eigenvalue weighted by Gasteiger charge is 2.16. The van der Waals surface area contributed by atoms with Gasteiger partial charge in [0.1, 0.15) is 0 Å². The van der Waals surface area contributed by atoms with Gasteiger partial charge in [0.05, 0.1) is 57.5 Å². The quantitative estimate of drug-likeness (QED) is 0.288. The van der Waals surface area contributed by atoms with Crippen LogP contribution in [-0.4, -0.2) is 80.1 Å². The van der Waals surface area contributed by atoms with Gasteiger partial charge < -0.3 is 29.3 Å². The van der Waals surface area contributed by atoms with Gasteiger partial charge in [0, 0.05) is 30.4 Å². The van der Waals surface area contributed by atoms with Crippen LogP contribution in [-0.2, 0) is 14.2 Å². The van der Waals surface area contributed by atoms with Gasteiger partial charge >= 0.3 is 0 Å². The lowest BCUT2D eigenvalue weighted by molar-refractivity contribution is 0.00485. The van der Waals surface area contributed by atoms with E-state index in [0.29, 0.717) is 44.6 Å². The Hall–Kier alpha value is -1.95. The molecule has 178 valence electrons. The standard InChI is InChI=1S/C22H34N4O5S/c1-17-14-20(4-5-21(17)24-25-22-23-6-13-32-22)26(15-18(2)30-10-8-28)16-19(3)31-12-11-29-9-7-27/h4-6,13-14,18-19,27-28H,7-12,15-16H2,1-3H3. The average Bonchev–Trinajstić information content (AvgIpc) is 3.30. The Balaban J connectivity index is 2.05. The van der Waals surface area contributed by atoms with Gasteiger partial charge in [-0.3, -0.25) is 0 Å². The van der Waals surface area contributed by atoms with Crippen LogP contribution >= 0.6 is 11.3 Å². The van der Waals surface area contributed by atoms with Gasteiger partial charge in [-0.15, -0.1) is 21.6 Å². The summed E-state index contributed by atoms with van der Waals surface area (Å²) in [5, 5.41) is 28.8. The Morgan fingerprint density at radius 3 is 2.34 bits per heavy atom. The number of anilines is 1. The third-order valence-corrected chi connectivity index (χ3v) is 5.18. The zero-order valence-electron chi connectivity index (χ0n) is 19.0. The monoisotopic (exact) mass is 466 g/mol. The second kappa shape index (κ2) is 15.0. The van der Waals surface area contributed by atoms with Crippen LogP contribution in [0, 0.1) is 6.92 Å². The number of thiazole rings is 1. The van der Waals surface area contributed by atoms with Crippen LogP contribution in [0.25, 0.3) is 0 Å². The third kappa shape index (κ3) is 9.68. The molecule has 0 spiro atoms. The lowest BCUT2D eigenvalue weighted by Crippen LogP contribution is -2.38. The van der Waals surface area contributed by atoms with Gasteiger partial charge in [-0.25, -0.2) is 4.98 Å². The molecule has 1 heterocycles. The van der Waals surface area contributed by atoms with Gasteiger partial charge in [0.25, 0.3) is 0 Å². The maximum Gasteiger partial charge on any atom is 0.229 e. The summed E-state index contributed by atoms with van der Waals surface area (Å²) in [5.74, 6) is 0. The summed E-state index contributed by atoms with van der Waals surface area (Å²) in [6.45, 7) is 8.83. The summed E-state index contributed by atoms with van der Waals surface area (Å²) in [6.07, 6.45) is 1.60. The number of rotatable bonds is 16. The molecule has 0 saturated heterocycles. The smallest absolute Gasteiger partial charge is 0.229 e. The van der Waals surface area contributed by atoms with Crippen LogP contribution in [0.1, 0.15) is 19.4 Å². The fraction of sp³-hybridized carbons (Fsp3) is 0.591. The van der Waals surface area contributed by atoms with Crippen molar-refractivity contribution in [3.63, 3.8) is 0 Å². The summed E-state index contributed by atoms with van der Waals surface area (Å²) in [7, 11) is 0. The van der Waals surface area contributed by atoms with Gasteiger partial charge in [-0.2, -0.15) is 0 Å². The first-order valence-electron chi connectivity index (χ1n) is 10.7. The van der Waals surface area contributed by atoms with E-state index in [2.05, 4.69) is 26.2 Å². The van der Waals surface area contributed by atoms with Crippen molar-refractivity contribution in [1.29, 1.82) is 0 Å². The van der Waals surface area contributed by atoms with Crippen molar-refractivity contribution in [1.82, 2.24) is 4.98 Å². The number of aryl methyl sites for hydroxylation is 1. The molecule has 0 aliphatic rings. The van der Waals surface area contributed by atoms with Crippen LogP contribution in [0.15, 0.2) is 40.0 Å². The minimum Gasteiger partial charge on any atom is -0.394 e. The molecule has 0 bridgehead atoms. The van der Waals surface area contributed by atoms with Crippen LogP contribution < -0.4 is 4.90 Å². The van der Waals surface area contributed by atoms with E-state index in [4.69, 9.17) is 24.4 Å². The predicted octanol–water partition coefficient (Wildman–Crippen LogP) is 3.48. The van der Waals surface area contributed by atoms with E-state index in [1.54, 1.807) is 6.20 Å². The molecular formula is C22H34N4O5S. The maximum absolute atomic E-state index is 9.05. The number of aromatic nitrogens is 1. The zero-order valence-corrected chi connectivity index (χ0v) is 19.8. The predicted molar refractivity (Wildman–Crippen MR) is 126 cm³/mol. The highest BCUT2D eigenvalue weighted by Crippen LogP contribution is 2.27. The Kier molecular flexibility index (Phi) is 12.3. The fourth-order valence-corrected chi connectivity index (χ4v) is 3.50. The SMILES string of the molecule is Cc1cc(N(CC(C)OCCO)CC(C)OCCOCCO)ccc1N=Nc1nccs1. The van der Waals surface area contributed by atoms with Crippen LogP contribution in [0.3, 0.4) is 0 Å². The van der Waals surface area contributed by atoms with Crippen molar-refractivity contribution in [2.75, 3.05) is 57.6 Å². The number of hydrogen-bond donors (Lipinski definition) is 2. The lowest BCUT2D eigenvalue weighted by Gasteiger charge is -2.31. The maximum atomic E-state index is 9.05.